The van der Waals surface area contributed by atoms with Crippen molar-refractivity contribution in [1.29, 1.82) is 0 Å². The van der Waals surface area contributed by atoms with Gasteiger partial charge >= 0.3 is 0 Å². The van der Waals surface area contributed by atoms with Gasteiger partial charge in [-0.05, 0) is 48.9 Å². The summed E-state index contributed by atoms with van der Waals surface area (Å²) in [4.78, 5) is 14.3. The molecule has 1 heterocycles. The first kappa shape index (κ1) is 18.4. The van der Waals surface area contributed by atoms with Crippen molar-refractivity contribution in [2.24, 2.45) is 0 Å². The van der Waals surface area contributed by atoms with Crippen molar-refractivity contribution in [2.45, 2.75) is 6.92 Å². The summed E-state index contributed by atoms with van der Waals surface area (Å²) in [6.45, 7) is 4.80. The molecule has 6 nitrogen and oxygen atoms in total. The number of benzene rings is 2. The van der Waals surface area contributed by atoms with E-state index in [0.29, 0.717) is 35.4 Å². The van der Waals surface area contributed by atoms with Crippen LogP contribution in [-0.2, 0) is 9.53 Å². The van der Waals surface area contributed by atoms with Gasteiger partial charge < -0.3 is 25.4 Å². The molecule has 0 atom stereocenters. The van der Waals surface area contributed by atoms with Crippen LogP contribution in [0.5, 0.6) is 5.75 Å². The van der Waals surface area contributed by atoms with Gasteiger partial charge in [-0.1, -0.05) is 11.6 Å². The first-order valence-corrected chi connectivity index (χ1v) is 8.82. The number of amides is 1. The van der Waals surface area contributed by atoms with Crippen molar-refractivity contribution in [1.82, 2.24) is 0 Å². The SMILES string of the molecule is Cc1cc(OCC(=O)Nc2ccc(N3CCOCC3)c(N)c2)ccc1Cl. The van der Waals surface area contributed by atoms with Gasteiger partial charge in [-0.25, -0.2) is 0 Å². The summed E-state index contributed by atoms with van der Waals surface area (Å²) in [5, 5.41) is 3.46. The van der Waals surface area contributed by atoms with Crippen LogP contribution in [0.1, 0.15) is 5.56 Å². The van der Waals surface area contributed by atoms with Gasteiger partial charge in [0.05, 0.1) is 24.6 Å². The van der Waals surface area contributed by atoms with E-state index in [0.717, 1.165) is 24.3 Å². The Labute approximate surface area is 157 Å². The maximum absolute atomic E-state index is 12.1. The minimum Gasteiger partial charge on any atom is -0.484 e. The van der Waals surface area contributed by atoms with Crippen LogP contribution >= 0.6 is 11.6 Å². The summed E-state index contributed by atoms with van der Waals surface area (Å²) in [7, 11) is 0. The van der Waals surface area contributed by atoms with Crippen LogP contribution in [0.2, 0.25) is 5.02 Å². The highest BCUT2D eigenvalue weighted by atomic mass is 35.5. The van der Waals surface area contributed by atoms with Gasteiger partial charge in [0.15, 0.2) is 6.61 Å². The minimum atomic E-state index is -0.254. The molecule has 7 heteroatoms. The minimum absolute atomic E-state index is 0.0911. The second-order valence-electron chi connectivity index (χ2n) is 6.12. The zero-order valence-electron chi connectivity index (χ0n) is 14.6. The van der Waals surface area contributed by atoms with Crippen LogP contribution in [-0.4, -0.2) is 38.8 Å². The first-order valence-electron chi connectivity index (χ1n) is 8.44. The van der Waals surface area contributed by atoms with Crippen LogP contribution in [0.4, 0.5) is 17.1 Å². The normalized spacial score (nSPS) is 14.2. The molecule has 0 bridgehead atoms. The van der Waals surface area contributed by atoms with Gasteiger partial charge in [0.25, 0.3) is 5.91 Å². The van der Waals surface area contributed by atoms with Crippen LogP contribution < -0.4 is 20.7 Å². The summed E-state index contributed by atoms with van der Waals surface area (Å²) in [6.07, 6.45) is 0. The first-order chi connectivity index (χ1) is 12.5. The largest absolute Gasteiger partial charge is 0.484 e. The Morgan fingerprint density at radius 1 is 1.27 bits per heavy atom. The standard InChI is InChI=1S/C19H22ClN3O3/c1-13-10-15(3-4-16(13)20)26-12-19(24)22-14-2-5-18(17(21)11-14)23-6-8-25-9-7-23/h2-5,10-11H,6-9,12,21H2,1H3,(H,22,24). The lowest BCUT2D eigenvalue weighted by atomic mass is 10.2. The molecule has 3 rings (SSSR count). The molecule has 2 aromatic rings. The number of carbonyl (C=O) groups excluding carboxylic acids is 1. The third kappa shape index (κ3) is 4.59. The predicted molar refractivity (Wildman–Crippen MR) is 104 cm³/mol. The molecular weight excluding hydrogens is 354 g/mol. The number of nitrogen functional groups attached to an aromatic ring is 1. The molecule has 1 aliphatic rings. The third-order valence-electron chi connectivity index (χ3n) is 4.16. The summed E-state index contributed by atoms with van der Waals surface area (Å²) < 4.78 is 10.9. The lowest BCUT2D eigenvalue weighted by Gasteiger charge is -2.30. The molecule has 138 valence electrons. The van der Waals surface area contributed by atoms with Crippen LogP contribution in [0, 0.1) is 6.92 Å². The topological polar surface area (TPSA) is 76.8 Å². The van der Waals surface area contributed by atoms with Gasteiger partial charge in [0.1, 0.15) is 5.75 Å². The molecule has 26 heavy (non-hydrogen) atoms. The monoisotopic (exact) mass is 375 g/mol. The second-order valence-corrected chi connectivity index (χ2v) is 6.53. The fourth-order valence-corrected chi connectivity index (χ4v) is 2.89. The molecule has 0 saturated carbocycles. The summed E-state index contributed by atoms with van der Waals surface area (Å²) in [5.41, 5.74) is 9.27. The van der Waals surface area contributed by atoms with Gasteiger partial charge in [0, 0.05) is 23.8 Å². The van der Waals surface area contributed by atoms with Crippen LogP contribution in [0.15, 0.2) is 36.4 Å². The van der Waals surface area contributed by atoms with E-state index < -0.39 is 0 Å². The fourth-order valence-electron chi connectivity index (χ4n) is 2.78. The average Bonchev–Trinajstić information content (AvgIpc) is 2.63. The number of rotatable bonds is 5. The van der Waals surface area contributed by atoms with Crippen molar-refractivity contribution in [3.05, 3.63) is 47.0 Å². The van der Waals surface area contributed by atoms with E-state index in [1.54, 1.807) is 24.3 Å². The van der Waals surface area contributed by atoms with Crippen molar-refractivity contribution in [3.8, 4) is 5.75 Å². The van der Waals surface area contributed by atoms with E-state index in [2.05, 4.69) is 10.2 Å². The highest BCUT2D eigenvalue weighted by Gasteiger charge is 2.14. The summed E-state index contributed by atoms with van der Waals surface area (Å²) >= 11 is 5.98. The van der Waals surface area contributed by atoms with Gasteiger partial charge in [-0.2, -0.15) is 0 Å². The van der Waals surface area contributed by atoms with Crippen molar-refractivity contribution in [3.63, 3.8) is 0 Å². The molecule has 0 unspecified atom stereocenters. The molecule has 0 aliphatic carbocycles. The predicted octanol–water partition coefficient (Wildman–Crippen LogP) is 3.08. The molecule has 1 fully saturated rings. The fraction of sp³-hybridized carbons (Fsp3) is 0.316. The number of nitrogens with two attached hydrogens (primary N) is 1. The highest BCUT2D eigenvalue weighted by molar-refractivity contribution is 6.31. The Kier molecular flexibility index (Phi) is 5.85. The quantitative estimate of drug-likeness (QED) is 0.785. The number of nitrogens with zero attached hydrogens (tertiary/aromatic N) is 1. The molecule has 1 aliphatic heterocycles. The Morgan fingerprint density at radius 2 is 2.04 bits per heavy atom. The number of anilines is 3. The van der Waals surface area contributed by atoms with E-state index in [1.807, 2.05) is 19.1 Å². The number of ether oxygens (including phenoxy) is 2. The van der Waals surface area contributed by atoms with E-state index in [9.17, 15) is 4.79 Å². The number of halogens is 1. The van der Waals surface area contributed by atoms with Crippen LogP contribution in [0.25, 0.3) is 0 Å². The van der Waals surface area contributed by atoms with Crippen molar-refractivity contribution < 1.29 is 14.3 Å². The maximum Gasteiger partial charge on any atom is 0.262 e. The van der Waals surface area contributed by atoms with E-state index in [4.69, 9.17) is 26.8 Å². The Hall–Kier alpha value is -2.44. The lowest BCUT2D eigenvalue weighted by molar-refractivity contribution is -0.118. The maximum atomic E-state index is 12.1. The molecule has 1 saturated heterocycles. The molecule has 1 amide bonds. The number of nitrogens with one attached hydrogen (secondary N) is 1. The zero-order chi connectivity index (χ0) is 18.5. The van der Waals surface area contributed by atoms with Crippen molar-refractivity contribution in [2.75, 3.05) is 48.9 Å². The molecule has 2 aromatic carbocycles. The Bertz CT molecular complexity index is 792. The van der Waals surface area contributed by atoms with E-state index >= 15 is 0 Å². The highest BCUT2D eigenvalue weighted by Crippen LogP contribution is 2.27. The van der Waals surface area contributed by atoms with Gasteiger partial charge in [-0.3, -0.25) is 4.79 Å². The number of hydrogen-bond donors (Lipinski definition) is 2. The van der Waals surface area contributed by atoms with Crippen molar-refractivity contribution >= 4 is 34.6 Å². The van der Waals surface area contributed by atoms with Gasteiger partial charge in [0.2, 0.25) is 0 Å². The summed E-state index contributed by atoms with van der Waals surface area (Å²) in [5.74, 6) is 0.348. The number of morpholine rings is 1. The average molecular weight is 376 g/mol. The zero-order valence-corrected chi connectivity index (χ0v) is 15.4. The third-order valence-corrected chi connectivity index (χ3v) is 4.59. The van der Waals surface area contributed by atoms with Crippen LogP contribution in [0.3, 0.4) is 0 Å². The molecule has 0 spiro atoms. The summed E-state index contributed by atoms with van der Waals surface area (Å²) in [6, 6.07) is 10.8. The number of aryl methyl sites for hydroxylation is 1. The molecule has 0 radical (unpaired) electrons. The van der Waals surface area contributed by atoms with E-state index in [1.165, 1.54) is 0 Å². The molecule has 3 N–H and O–H groups in total. The van der Waals surface area contributed by atoms with Gasteiger partial charge in [-0.15, -0.1) is 0 Å². The number of hydrogen-bond acceptors (Lipinski definition) is 5. The molecular formula is C19H22ClN3O3. The molecule has 0 aromatic heterocycles. The smallest absolute Gasteiger partial charge is 0.262 e. The Morgan fingerprint density at radius 3 is 2.73 bits per heavy atom. The number of carbonyl (C=O) groups is 1. The van der Waals surface area contributed by atoms with E-state index in [-0.39, 0.29) is 12.5 Å². The Balaban J connectivity index is 1.56. The lowest BCUT2D eigenvalue weighted by Crippen LogP contribution is -2.36. The second kappa shape index (κ2) is 8.29.